The minimum absolute atomic E-state index is 0.0304. The van der Waals surface area contributed by atoms with E-state index in [4.69, 9.17) is 0 Å². The van der Waals surface area contributed by atoms with Crippen LogP contribution in [0.2, 0.25) is 0 Å². The van der Waals surface area contributed by atoms with Crippen molar-refractivity contribution in [1.82, 2.24) is 15.2 Å². The van der Waals surface area contributed by atoms with Crippen LogP contribution in [0.4, 0.5) is 14.5 Å². The number of nitrogens with one attached hydrogen (secondary N) is 2. The van der Waals surface area contributed by atoms with Crippen molar-refractivity contribution in [2.45, 2.75) is 51.7 Å². The van der Waals surface area contributed by atoms with Crippen LogP contribution < -0.4 is 15.4 Å². The molecule has 8 nitrogen and oxygen atoms in total. The predicted octanol–water partition coefficient (Wildman–Crippen LogP) is 2.80. The van der Waals surface area contributed by atoms with E-state index in [-0.39, 0.29) is 49.6 Å². The number of likely N-dealkylation sites (tertiary alicyclic amines) is 1. The fourth-order valence-corrected chi connectivity index (χ4v) is 4.20. The molecule has 0 unspecified atom stereocenters. The second-order valence-electron chi connectivity index (χ2n) is 9.19. The first-order chi connectivity index (χ1) is 16.5. The number of carbonyl (C=O) groups is 2. The number of nitrogens with zero attached hydrogens (tertiary/aromatic N) is 2. The van der Waals surface area contributed by atoms with E-state index in [1.165, 1.54) is 6.07 Å². The fourth-order valence-electron chi connectivity index (χ4n) is 4.20. The SMILES string of the molecule is Cc1ccc(NC(=O)C2(c3ccccc3C(C)C)CN(C(=O)CNC[C@H](C)O)C2)c(OC(F)F)n1. The highest BCUT2D eigenvalue weighted by Crippen LogP contribution is 2.40. The summed E-state index contributed by atoms with van der Waals surface area (Å²) in [6.45, 7) is 4.74. The molecule has 35 heavy (non-hydrogen) atoms. The van der Waals surface area contributed by atoms with Gasteiger partial charge in [-0.2, -0.15) is 8.78 Å². The van der Waals surface area contributed by atoms with E-state index in [0.717, 1.165) is 11.1 Å². The largest absolute Gasteiger partial charge is 0.415 e. The Morgan fingerprint density at radius 1 is 1.17 bits per heavy atom. The molecule has 2 heterocycles. The van der Waals surface area contributed by atoms with Gasteiger partial charge in [-0.15, -0.1) is 0 Å². The van der Waals surface area contributed by atoms with Gasteiger partial charge in [0.15, 0.2) is 0 Å². The molecule has 2 aromatic rings. The Labute approximate surface area is 203 Å². The molecule has 0 spiro atoms. The van der Waals surface area contributed by atoms with Crippen LogP contribution in [0.15, 0.2) is 36.4 Å². The Hall–Kier alpha value is -3.11. The van der Waals surface area contributed by atoms with E-state index in [2.05, 4.69) is 20.4 Å². The lowest BCUT2D eigenvalue weighted by molar-refractivity contribution is -0.143. The molecule has 1 aromatic heterocycles. The maximum Gasteiger partial charge on any atom is 0.388 e. The quantitative estimate of drug-likeness (QED) is 0.473. The summed E-state index contributed by atoms with van der Waals surface area (Å²) in [4.78, 5) is 31.9. The highest BCUT2D eigenvalue weighted by molar-refractivity contribution is 6.02. The van der Waals surface area contributed by atoms with Crippen molar-refractivity contribution in [3.8, 4) is 5.88 Å². The van der Waals surface area contributed by atoms with Crippen molar-refractivity contribution >= 4 is 17.5 Å². The number of aromatic nitrogens is 1. The van der Waals surface area contributed by atoms with Gasteiger partial charge in [0, 0.05) is 25.3 Å². The minimum atomic E-state index is -3.10. The number of aryl methyl sites for hydroxylation is 1. The molecule has 10 heteroatoms. The Bertz CT molecular complexity index is 1060. The zero-order chi connectivity index (χ0) is 25.8. The number of hydrogen-bond acceptors (Lipinski definition) is 6. The summed E-state index contributed by atoms with van der Waals surface area (Å²) in [6.07, 6.45) is -0.588. The van der Waals surface area contributed by atoms with Crippen LogP contribution in [0, 0.1) is 6.92 Å². The van der Waals surface area contributed by atoms with E-state index >= 15 is 0 Å². The normalized spacial score (nSPS) is 15.6. The maximum absolute atomic E-state index is 13.7. The van der Waals surface area contributed by atoms with Crippen molar-refractivity contribution in [2.24, 2.45) is 0 Å². The first-order valence-corrected chi connectivity index (χ1v) is 11.5. The van der Waals surface area contributed by atoms with Gasteiger partial charge in [-0.1, -0.05) is 38.1 Å². The Morgan fingerprint density at radius 3 is 2.49 bits per heavy atom. The number of amides is 2. The molecule has 1 saturated heterocycles. The molecular weight excluding hydrogens is 458 g/mol. The predicted molar refractivity (Wildman–Crippen MR) is 128 cm³/mol. The Balaban J connectivity index is 1.90. The molecule has 1 aliphatic heterocycles. The third-order valence-corrected chi connectivity index (χ3v) is 5.97. The molecule has 3 rings (SSSR count). The number of benzene rings is 1. The number of hydrogen-bond donors (Lipinski definition) is 3. The number of alkyl halides is 2. The fraction of sp³-hybridized carbons (Fsp3) is 0.480. The first-order valence-electron chi connectivity index (χ1n) is 11.5. The molecule has 1 aliphatic rings. The molecule has 3 N–H and O–H groups in total. The monoisotopic (exact) mass is 490 g/mol. The first kappa shape index (κ1) is 26.5. The van der Waals surface area contributed by atoms with Crippen molar-refractivity contribution in [3.05, 3.63) is 53.2 Å². The lowest BCUT2D eigenvalue weighted by atomic mass is 9.69. The molecule has 0 aliphatic carbocycles. The molecule has 0 saturated carbocycles. The smallest absolute Gasteiger partial charge is 0.388 e. The molecule has 1 aromatic carbocycles. The van der Waals surface area contributed by atoms with Gasteiger partial charge in [-0.05, 0) is 43.0 Å². The Kier molecular flexibility index (Phi) is 8.39. The second-order valence-corrected chi connectivity index (χ2v) is 9.19. The summed E-state index contributed by atoms with van der Waals surface area (Å²) in [5, 5.41) is 15.0. The molecule has 1 atom stereocenters. The number of anilines is 1. The number of aliphatic hydroxyl groups is 1. The number of aliphatic hydroxyl groups excluding tert-OH is 1. The third-order valence-electron chi connectivity index (χ3n) is 5.97. The topological polar surface area (TPSA) is 104 Å². The summed E-state index contributed by atoms with van der Waals surface area (Å²) < 4.78 is 30.4. The lowest BCUT2D eigenvalue weighted by Crippen LogP contribution is -2.67. The Morgan fingerprint density at radius 2 is 1.86 bits per heavy atom. The summed E-state index contributed by atoms with van der Waals surface area (Å²) in [7, 11) is 0. The van der Waals surface area contributed by atoms with Gasteiger partial charge in [0.25, 0.3) is 0 Å². The summed E-state index contributed by atoms with van der Waals surface area (Å²) in [5.74, 6) is -0.881. The van der Waals surface area contributed by atoms with Crippen LogP contribution in [0.5, 0.6) is 5.88 Å². The van der Waals surface area contributed by atoms with E-state index in [1.54, 1.807) is 24.8 Å². The summed E-state index contributed by atoms with van der Waals surface area (Å²) >= 11 is 0. The van der Waals surface area contributed by atoms with Crippen LogP contribution in [0.1, 0.15) is 43.5 Å². The average molecular weight is 491 g/mol. The number of rotatable bonds is 10. The molecule has 190 valence electrons. The van der Waals surface area contributed by atoms with Crippen molar-refractivity contribution in [3.63, 3.8) is 0 Å². The van der Waals surface area contributed by atoms with Crippen LogP contribution in [-0.4, -0.2) is 65.7 Å². The summed E-state index contributed by atoms with van der Waals surface area (Å²) in [6, 6.07) is 10.6. The van der Waals surface area contributed by atoms with Gasteiger partial charge in [0.2, 0.25) is 17.7 Å². The van der Waals surface area contributed by atoms with Crippen molar-refractivity contribution in [2.75, 3.05) is 31.5 Å². The molecule has 2 amide bonds. The minimum Gasteiger partial charge on any atom is -0.415 e. The molecule has 0 radical (unpaired) electrons. The number of halogens is 2. The van der Waals surface area contributed by atoms with Gasteiger partial charge in [0.05, 0.1) is 12.6 Å². The van der Waals surface area contributed by atoms with E-state index in [9.17, 15) is 23.5 Å². The van der Waals surface area contributed by atoms with Crippen molar-refractivity contribution in [1.29, 1.82) is 0 Å². The van der Waals surface area contributed by atoms with Crippen LogP contribution in [-0.2, 0) is 15.0 Å². The number of pyridine rings is 1. The third kappa shape index (κ3) is 6.12. The highest BCUT2D eigenvalue weighted by atomic mass is 19.3. The molecule has 0 bridgehead atoms. The molecule has 1 fully saturated rings. The lowest BCUT2D eigenvalue weighted by Gasteiger charge is -2.50. The average Bonchev–Trinajstić information content (AvgIpc) is 2.74. The van der Waals surface area contributed by atoms with Gasteiger partial charge in [-0.3, -0.25) is 9.59 Å². The van der Waals surface area contributed by atoms with Gasteiger partial charge in [0.1, 0.15) is 11.1 Å². The molecular formula is C25H32F2N4O4. The van der Waals surface area contributed by atoms with E-state index in [1.807, 2.05) is 38.1 Å². The van der Waals surface area contributed by atoms with Gasteiger partial charge < -0.3 is 25.4 Å². The maximum atomic E-state index is 13.7. The second kappa shape index (κ2) is 11.1. The number of carbonyl (C=O) groups excluding carboxylic acids is 2. The zero-order valence-electron chi connectivity index (χ0n) is 20.3. The van der Waals surface area contributed by atoms with Crippen LogP contribution in [0.3, 0.4) is 0 Å². The van der Waals surface area contributed by atoms with Gasteiger partial charge >= 0.3 is 6.61 Å². The zero-order valence-corrected chi connectivity index (χ0v) is 20.3. The van der Waals surface area contributed by atoms with E-state index < -0.39 is 24.0 Å². The van der Waals surface area contributed by atoms with Crippen molar-refractivity contribution < 1.29 is 28.2 Å². The van der Waals surface area contributed by atoms with E-state index in [0.29, 0.717) is 5.69 Å². The summed E-state index contributed by atoms with van der Waals surface area (Å²) in [5.41, 5.74) is 1.17. The number of ether oxygens (including phenoxy) is 1. The van der Waals surface area contributed by atoms with Crippen LogP contribution >= 0.6 is 0 Å². The van der Waals surface area contributed by atoms with Crippen LogP contribution in [0.25, 0.3) is 0 Å². The highest BCUT2D eigenvalue weighted by Gasteiger charge is 2.53. The van der Waals surface area contributed by atoms with Gasteiger partial charge in [-0.25, -0.2) is 4.98 Å². The standard InChI is InChI=1S/C25H32F2N4O4/c1-15(2)18-7-5-6-8-19(18)25(13-31(14-25)21(33)12-28-11-17(4)32)23(34)30-20-10-9-16(3)29-22(20)35-24(26)27/h5-10,15,17,24,28,32H,11-14H2,1-4H3,(H,30,34)/t17-/m0/s1.